The van der Waals surface area contributed by atoms with Gasteiger partial charge in [0.2, 0.25) is 0 Å². The summed E-state index contributed by atoms with van der Waals surface area (Å²) in [7, 11) is 0. The predicted molar refractivity (Wildman–Crippen MR) is 105 cm³/mol. The minimum atomic E-state index is -0.209. The molecule has 1 aromatic carbocycles. The fourth-order valence-electron chi connectivity index (χ4n) is 4.81. The highest BCUT2D eigenvalue weighted by molar-refractivity contribution is 5.69. The van der Waals surface area contributed by atoms with Crippen molar-refractivity contribution < 1.29 is 14.3 Å². The van der Waals surface area contributed by atoms with E-state index in [2.05, 4.69) is 6.08 Å². The molecule has 1 saturated heterocycles. The first-order valence-electron chi connectivity index (χ1n) is 10.6. The van der Waals surface area contributed by atoms with Gasteiger partial charge in [-0.05, 0) is 30.7 Å². The van der Waals surface area contributed by atoms with Crippen LogP contribution in [0.4, 0.5) is 4.79 Å². The number of fused-ring (bicyclic) bond motifs is 2. The Kier molecular flexibility index (Phi) is 6.13. The summed E-state index contributed by atoms with van der Waals surface area (Å²) in [5.41, 5.74) is 2.54. The Morgan fingerprint density at radius 3 is 2.70 bits per heavy atom. The summed E-state index contributed by atoms with van der Waals surface area (Å²) in [5, 5.41) is 0. The summed E-state index contributed by atoms with van der Waals surface area (Å²) in [4.78, 5) is 14.6. The van der Waals surface area contributed by atoms with Crippen molar-refractivity contribution in [2.45, 2.75) is 70.1 Å². The highest BCUT2D eigenvalue weighted by atomic mass is 16.6. The summed E-state index contributed by atoms with van der Waals surface area (Å²) < 4.78 is 11.3. The van der Waals surface area contributed by atoms with Gasteiger partial charge in [0, 0.05) is 0 Å². The number of nitrogens with zero attached hydrogens (tertiary/aromatic N) is 1. The second kappa shape index (κ2) is 8.92. The monoisotopic (exact) mass is 369 g/mol. The van der Waals surface area contributed by atoms with Crippen LogP contribution in [0.15, 0.2) is 42.0 Å². The minimum Gasteiger partial charge on any atom is -0.445 e. The van der Waals surface area contributed by atoms with Gasteiger partial charge in [-0.3, -0.25) is 4.90 Å². The Balaban J connectivity index is 1.34. The van der Waals surface area contributed by atoms with Crippen molar-refractivity contribution >= 4 is 6.09 Å². The summed E-state index contributed by atoms with van der Waals surface area (Å²) in [6.07, 6.45) is 12.5. The van der Waals surface area contributed by atoms with Crippen LogP contribution in [0.5, 0.6) is 0 Å². The Bertz CT molecular complexity index is 651. The number of carbonyl (C=O) groups excluding carboxylic acids is 1. The zero-order valence-corrected chi connectivity index (χ0v) is 16.1. The van der Waals surface area contributed by atoms with Gasteiger partial charge in [0.1, 0.15) is 6.61 Å². The Labute approximate surface area is 162 Å². The third kappa shape index (κ3) is 4.73. The van der Waals surface area contributed by atoms with E-state index in [9.17, 15) is 4.79 Å². The molecule has 2 heterocycles. The molecule has 4 heteroatoms. The maximum absolute atomic E-state index is 12.7. The molecular weight excluding hydrogens is 338 g/mol. The number of hydrogen-bond acceptors (Lipinski definition) is 3. The second-order valence-electron chi connectivity index (χ2n) is 8.28. The SMILES string of the molecule is O=C(OCc1ccccc1)N1C2C=C(CCC3CCCCC3)CC1COC2. The van der Waals surface area contributed by atoms with E-state index >= 15 is 0 Å². The van der Waals surface area contributed by atoms with E-state index in [1.54, 1.807) is 0 Å². The van der Waals surface area contributed by atoms with Gasteiger partial charge in [0.15, 0.2) is 0 Å². The molecule has 3 aliphatic rings. The predicted octanol–water partition coefficient (Wildman–Crippen LogP) is 5.08. The van der Waals surface area contributed by atoms with E-state index in [1.807, 2.05) is 35.2 Å². The molecule has 0 spiro atoms. The number of hydrogen-bond donors (Lipinski definition) is 0. The number of benzene rings is 1. The van der Waals surface area contributed by atoms with Gasteiger partial charge in [-0.2, -0.15) is 0 Å². The van der Waals surface area contributed by atoms with Crippen LogP contribution in [0.1, 0.15) is 56.9 Å². The molecule has 2 unspecified atom stereocenters. The van der Waals surface area contributed by atoms with Gasteiger partial charge in [0.25, 0.3) is 0 Å². The van der Waals surface area contributed by atoms with Crippen molar-refractivity contribution in [2.24, 2.45) is 5.92 Å². The lowest BCUT2D eigenvalue weighted by atomic mass is 9.83. The number of amides is 1. The van der Waals surface area contributed by atoms with Crippen molar-refractivity contribution in [3.63, 3.8) is 0 Å². The van der Waals surface area contributed by atoms with Crippen LogP contribution >= 0.6 is 0 Å². The molecular formula is C23H31NO3. The molecule has 4 rings (SSSR count). The van der Waals surface area contributed by atoms with Crippen LogP contribution in [0.3, 0.4) is 0 Å². The van der Waals surface area contributed by atoms with Crippen molar-refractivity contribution in [2.75, 3.05) is 13.2 Å². The fourth-order valence-corrected chi connectivity index (χ4v) is 4.81. The minimum absolute atomic E-state index is 0.0297. The van der Waals surface area contributed by atoms with E-state index in [4.69, 9.17) is 9.47 Å². The Morgan fingerprint density at radius 2 is 1.93 bits per heavy atom. The number of morpholine rings is 1. The number of rotatable bonds is 5. The Hall–Kier alpha value is -1.81. The lowest BCUT2D eigenvalue weighted by Crippen LogP contribution is -2.56. The van der Waals surface area contributed by atoms with Gasteiger partial charge in [-0.25, -0.2) is 4.79 Å². The molecule has 1 aromatic rings. The largest absolute Gasteiger partial charge is 0.445 e. The van der Waals surface area contributed by atoms with Crippen LogP contribution < -0.4 is 0 Å². The molecule has 2 fully saturated rings. The molecule has 2 bridgehead atoms. The maximum Gasteiger partial charge on any atom is 0.411 e. The van der Waals surface area contributed by atoms with Gasteiger partial charge in [-0.15, -0.1) is 0 Å². The highest BCUT2D eigenvalue weighted by Gasteiger charge is 2.38. The van der Waals surface area contributed by atoms with Crippen LogP contribution in [0.2, 0.25) is 0 Å². The standard InChI is InChI=1S/C23H31NO3/c25-23(27-15-19-9-5-2-6-10-19)24-21-13-20(14-22(24)17-26-16-21)12-11-18-7-3-1-4-8-18/h2,5-6,9-10,13,18,21-22H,1,3-4,7-8,11-12,14-17H2. The van der Waals surface area contributed by atoms with Crippen LogP contribution in [0, 0.1) is 5.92 Å². The molecule has 0 aromatic heterocycles. The number of carbonyl (C=O) groups is 1. The molecule has 0 radical (unpaired) electrons. The van der Waals surface area contributed by atoms with E-state index in [1.165, 1.54) is 50.5 Å². The first kappa shape index (κ1) is 18.5. The molecule has 0 N–H and O–H groups in total. The van der Waals surface area contributed by atoms with Crippen LogP contribution in [-0.4, -0.2) is 36.3 Å². The first-order chi connectivity index (χ1) is 13.3. The van der Waals surface area contributed by atoms with E-state index in [-0.39, 0.29) is 18.2 Å². The van der Waals surface area contributed by atoms with E-state index in [0.717, 1.165) is 17.9 Å². The lowest BCUT2D eigenvalue weighted by molar-refractivity contribution is -0.0376. The van der Waals surface area contributed by atoms with Crippen molar-refractivity contribution in [3.8, 4) is 0 Å². The molecule has 1 saturated carbocycles. The molecule has 1 amide bonds. The lowest BCUT2D eigenvalue weighted by Gasteiger charge is -2.44. The quantitative estimate of drug-likeness (QED) is 0.679. The molecule has 2 aliphatic heterocycles. The molecule has 146 valence electrons. The molecule has 27 heavy (non-hydrogen) atoms. The zero-order valence-electron chi connectivity index (χ0n) is 16.1. The van der Waals surface area contributed by atoms with Gasteiger partial charge >= 0.3 is 6.09 Å². The molecule has 1 aliphatic carbocycles. The average Bonchev–Trinajstić information content (AvgIpc) is 2.71. The molecule has 2 atom stereocenters. The summed E-state index contributed by atoms with van der Waals surface area (Å²) >= 11 is 0. The maximum atomic E-state index is 12.7. The van der Waals surface area contributed by atoms with Crippen LogP contribution in [-0.2, 0) is 16.1 Å². The average molecular weight is 370 g/mol. The second-order valence-corrected chi connectivity index (χ2v) is 8.28. The third-order valence-corrected chi connectivity index (χ3v) is 6.29. The van der Waals surface area contributed by atoms with Gasteiger partial charge in [-0.1, -0.05) is 74.1 Å². The van der Waals surface area contributed by atoms with E-state index in [0.29, 0.717) is 19.8 Å². The van der Waals surface area contributed by atoms with Crippen molar-refractivity contribution in [1.82, 2.24) is 4.90 Å². The van der Waals surface area contributed by atoms with Crippen molar-refractivity contribution in [3.05, 3.63) is 47.5 Å². The smallest absolute Gasteiger partial charge is 0.411 e. The topological polar surface area (TPSA) is 38.8 Å². The summed E-state index contributed by atoms with van der Waals surface area (Å²) in [6, 6.07) is 10.0. The fraction of sp³-hybridized carbons (Fsp3) is 0.609. The third-order valence-electron chi connectivity index (χ3n) is 6.29. The van der Waals surface area contributed by atoms with Gasteiger partial charge < -0.3 is 9.47 Å². The van der Waals surface area contributed by atoms with Crippen molar-refractivity contribution in [1.29, 1.82) is 0 Å². The Morgan fingerprint density at radius 1 is 1.11 bits per heavy atom. The molecule has 4 nitrogen and oxygen atoms in total. The summed E-state index contributed by atoms with van der Waals surface area (Å²) in [5.74, 6) is 0.907. The first-order valence-corrected chi connectivity index (χ1v) is 10.6. The zero-order chi connectivity index (χ0) is 18.5. The summed E-state index contributed by atoms with van der Waals surface area (Å²) in [6.45, 7) is 1.54. The van der Waals surface area contributed by atoms with E-state index < -0.39 is 0 Å². The highest BCUT2D eigenvalue weighted by Crippen LogP contribution is 2.33. The van der Waals surface area contributed by atoms with Crippen LogP contribution in [0.25, 0.3) is 0 Å². The normalized spacial score (nSPS) is 25.8. The number of ether oxygens (including phenoxy) is 2. The van der Waals surface area contributed by atoms with Gasteiger partial charge in [0.05, 0.1) is 25.3 Å².